The number of nitrogens with zero attached hydrogens (tertiary/aromatic N) is 1. The number of rotatable bonds is 3. The normalized spacial score (nSPS) is 28.9. The minimum Gasteiger partial charge on any atom is -0.480 e. The highest BCUT2D eigenvalue weighted by Gasteiger charge is 2.39. The third-order valence-electron chi connectivity index (χ3n) is 3.59. The summed E-state index contributed by atoms with van der Waals surface area (Å²) >= 11 is 0. The van der Waals surface area contributed by atoms with Gasteiger partial charge in [0.05, 0.1) is 6.10 Å². The van der Waals surface area contributed by atoms with Gasteiger partial charge in [0.15, 0.2) is 0 Å². The molecule has 0 aromatic carbocycles. The number of aliphatic hydroxyl groups is 1. The summed E-state index contributed by atoms with van der Waals surface area (Å²) < 4.78 is 0. The highest BCUT2D eigenvalue weighted by atomic mass is 16.4. The molecule has 2 rings (SSSR count). The van der Waals surface area contributed by atoms with Crippen molar-refractivity contribution >= 4 is 12.0 Å². The Kier molecular flexibility index (Phi) is 3.51. The lowest BCUT2D eigenvalue weighted by Gasteiger charge is -2.27. The van der Waals surface area contributed by atoms with Crippen LogP contribution in [0.4, 0.5) is 4.79 Å². The zero-order valence-electron chi connectivity index (χ0n) is 9.63. The van der Waals surface area contributed by atoms with E-state index in [9.17, 15) is 14.7 Å². The zero-order chi connectivity index (χ0) is 12.4. The lowest BCUT2D eigenvalue weighted by Crippen LogP contribution is -2.47. The number of aliphatic hydroxyl groups excluding tert-OH is 1. The Morgan fingerprint density at radius 2 is 2.06 bits per heavy atom. The molecule has 2 fully saturated rings. The molecule has 6 heteroatoms. The summed E-state index contributed by atoms with van der Waals surface area (Å²) in [7, 11) is 0. The molecule has 3 N–H and O–H groups in total. The fourth-order valence-corrected chi connectivity index (χ4v) is 2.30. The standard InChI is InChI=1S/C11H18N2O4/c14-8-4-9(10(15)16)13(6-8)11(17)12-5-7-2-1-3-7/h7-9,14H,1-6H2,(H,12,17)(H,15,16)/t8?,9-/m0/s1. The van der Waals surface area contributed by atoms with Gasteiger partial charge in [-0.05, 0) is 18.8 Å². The summed E-state index contributed by atoms with van der Waals surface area (Å²) in [4.78, 5) is 23.9. The number of amides is 2. The lowest BCUT2D eigenvalue weighted by molar-refractivity contribution is -0.141. The summed E-state index contributed by atoms with van der Waals surface area (Å²) in [5, 5.41) is 21.1. The summed E-state index contributed by atoms with van der Waals surface area (Å²) in [6.07, 6.45) is 2.86. The maximum atomic E-state index is 11.8. The van der Waals surface area contributed by atoms with Crippen LogP contribution >= 0.6 is 0 Å². The molecule has 0 radical (unpaired) electrons. The first-order valence-electron chi connectivity index (χ1n) is 6.03. The molecule has 0 aromatic rings. The van der Waals surface area contributed by atoms with E-state index in [2.05, 4.69) is 5.32 Å². The van der Waals surface area contributed by atoms with Crippen molar-refractivity contribution in [1.82, 2.24) is 10.2 Å². The molecule has 1 aliphatic carbocycles. The molecular formula is C11H18N2O4. The van der Waals surface area contributed by atoms with Crippen molar-refractivity contribution < 1.29 is 19.8 Å². The van der Waals surface area contributed by atoms with Crippen molar-refractivity contribution in [3.05, 3.63) is 0 Å². The highest BCUT2D eigenvalue weighted by Crippen LogP contribution is 2.25. The Morgan fingerprint density at radius 1 is 1.35 bits per heavy atom. The second-order valence-corrected chi connectivity index (χ2v) is 4.88. The Labute approximate surface area is 99.6 Å². The molecule has 1 saturated heterocycles. The molecule has 96 valence electrons. The summed E-state index contributed by atoms with van der Waals surface area (Å²) in [6, 6.07) is -1.27. The van der Waals surface area contributed by atoms with Crippen LogP contribution in [0.3, 0.4) is 0 Å². The summed E-state index contributed by atoms with van der Waals surface area (Å²) in [5.74, 6) is -0.518. The van der Waals surface area contributed by atoms with Gasteiger partial charge in [0.25, 0.3) is 0 Å². The van der Waals surface area contributed by atoms with Crippen molar-refractivity contribution in [2.24, 2.45) is 5.92 Å². The molecule has 0 bridgehead atoms. The number of nitrogens with one attached hydrogen (secondary N) is 1. The molecule has 2 atom stereocenters. The summed E-state index contributed by atoms with van der Waals surface area (Å²) in [5.41, 5.74) is 0. The van der Waals surface area contributed by atoms with E-state index in [4.69, 9.17) is 5.11 Å². The van der Waals surface area contributed by atoms with Gasteiger partial charge in [-0.15, -0.1) is 0 Å². The number of carboxylic acids is 1. The number of carbonyl (C=O) groups is 2. The number of carboxylic acid groups (broad SMARTS) is 1. The molecule has 0 spiro atoms. The Morgan fingerprint density at radius 3 is 2.59 bits per heavy atom. The van der Waals surface area contributed by atoms with Gasteiger partial charge >= 0.3 is 12.0 Å². The number of β-amino-alcohol motifs (C(OH)–C–C–N with tert-alkyl or cyclic N) is 1. The quantitative estimate of drug-likeness (QED) is 0.650. The second kappa shape index (κ2) is 4.91. The number of likely N-dealkylation sites (tertiary alicyclic amines) is 1. The largest absolute Gasteiger partial charge is 0.480 e. The van der Waals surface area contributed by atoms with Gasteiger partial charge in [0.1, 0.15) is 6.04 Å². The molecule has 1 unspecified atom stereocenters. The molecule has 1 aliphatic heterocycles. The van der Waals surface area contributed by atoms with Crippen LogP contribution in [0, 0.1) is 5.92 Å². The number of urea groups is 1. The van der Waals surface area contributed by atoms with Crippen molar-refractivity contribution in [2.75, 3.05) is 13.1 Å². The van der Waals surface area contributed by atoms with Gasteiger partial charge in [-0.25, -0.2) is 9.59 Å². The minimum absolute atomic E-state index is 0.105. The highest BCUT2D eigenvalue weighted by molar-refractivity contribution is 5.83. The van der Waals surface area contributed by atoms with Crippen molar-refractivity contribution in [1.29, 1.82) is 0 Å². The molecule has 1 heterocycles. The van der Waals surface area contributed by atoms with Crippen LogP contribution in [0.5, 0.6) is 0 Å². The predicted molar refractivity (Wildman–Crippen MR) is 59.5 cm³/mol. The number of hydrogen-bond donors (Lipinski definition) is 3. The van der Waals surface area contributed by atoms with Crippen LogP contribution in [-0.2, 0) is 4.79 Å². The van der Waals surface area contributed by atoms with Crippen LogP contribution in [0.1, 0.15) is 25.7 Å². The number of aliphatic carboxylic acids is 1. The van der Waals surface area contributed by atoms with Crippen LogP contribution in [-0.4, -0.2) is 52.3 Å². The van der Waals surface area contributed by atoms with Crippen molar-refractivity contribution in [3.8, 4) is 0 Å². The fraction of sp³-hybridized carbons (Fsp3) is 0.818. The molecule has 0 aromatic heterocycles. The third kappa shape index (κ3) is 2.69. The topological polar surface area (TPSA) is 89.9 Å². The van der Waals surface area contributed by atoms with E-state index in [1.54, 1.807) is 0 Å². The number of hydrogen-bond acceptors (Lipinski definition) is 3. The first-order chi connectivity index (χ1) is 8.08. The number of carbonyl (C=O) groups excluding carboxylic acids is 1. The first kappa shape index (κ1) is 12.2. The zero-order valence-corrected chi connectivity index (χ0v) is 9.63. The first-order valence-corrected chi connectivity index (χ1v) is 6.03. The van der Waals surface area contributed by atoms with Gasteiger partial charge < -0.3 is 20.4 Å². The molecule has 1 saturated carbocycles. The molecule has 6 nitrogen and oxygen atoms in total. The SMILES string of the molecule is O=C(O)[C@@H]1CC(O)CN1C(=O)NCC1CCC1. The van der Waals surface area contributed by atoms with Crippen LogP contribution in [0.25, 0.3) is 0 Å². The van der Waals surface area contributed by atoms with Gasteiger partial charge in [0, 0.05) is 19.5 Å². The third-order valence-corrected chi connectivity index (χ3v) is 3.59. The van der Waals surface area contributed by atoms with E-state index < -0.39 is 18.1 Å². The lowest BCUT2D eigenvalue weighted by atomic mass is 9.85. The maximum Gasteiger partial charge on any atom is 0.326 e. The molecule has 17 heavy (non-hydrogen) atoms. The average Bonchev–Trinajstić information content (AvgIpc) is 2.58. The van der Waals surface area contributed by atoms with E-state index in [1.807, 2.05) is 0 Å². The smallest absolute Gasteiger partial charge is 0.326 e. The van der Waals surface area contributed by atoms with Crippen LogP contribution in [0.2, 0.25) is 0 Å². The minimum atomic E-state index is -1.06. The van der Waals surface area contributed by atoms with Crippen molar-refractivity contribution in [3.63, 3.8) is 0 Å². The summed E-state index contributed by atoms with van der Waals surface area (Å²) in [6.45, 7) is 0.714. The fourth-order valence-electron chi connectivity index (χ4n) is 2.30. The predicted octanol–water partition coefficient (Wildman–Crippen LogP) is 0.0159. The molecule has 2 aliphatic rings. The second-order valence-electron chi connectivity index (χ2n) is 4.88. The average molecular weight is 242 g/mol. The maximum absolute atomic E-state index is 11.8. The van der Waals surface area contributed by atoms with Crippen LogP contribution < -0.4 is 5.32 Å². The van der Waals surface area contributed by atoms with E-state index in [0.717, 1.165) is 12.8 Å². The van der Waals surface area contributed by atoms with Crippen molar-refractivity contribution in [2.45, 2.75) is 37.8 Å². The van der Waals surface area contributed by atoms with E-state index in [-0.39, 0.29) is 19.0 Å². The monoisotopic (exact) mass is 242 g/mol. The van der Waals surface area contributed by atoms with E-state index in [1.165, 1.54) is 11.3 Å². The van der Waals surface area contributed by atoms with Gasteiger partial charge in [-0.3, -0.25) is 0 Å². The van der Waals surface area contributed by atoms with E-state index in [0.29, 0.717) is 12.5 Å². The Bertz CT molecular complexity index is 317. The molecular weight excluding hydrogens is 224 g/mol. The van der Waals surface area contributed by atoms with Crippen LogP contribution in [0.15, 0.2) is 0 Å². The van der Waals surface area contributed by atoms with Gasteiger partial charge in [-0.2, -0.15) is 0 Å². The van der Waals surface area contributed by atoms with Gasteiger partial charge in [-0.1, -0.05) is 6.42 Å². The van der Waals surface area contributed by atoms with Gasteiger partial charge in [0.2, 0.25) is 0 Å². The Balaban J connectivity index is 1.85. The molecule has 2 amide bonds. The van der Waals surface area contributed by atoms with E-state index >= 15 is 0 Å². The Hall–Kier alpha value is -1.30.